The van der Waals surface area contributed by atoms with Crippen molar-refractivity contribution in [3.05, 3.63) is 75.9 Å². The number of H-pyrrole nitrogens is 1. The topological polar surface area (TPSA) is 89.8 Å². The average molecular weight is 555 g/mol. The number of ether oxygens (including phenoxy) is 1. The van der Waals surface area contributed by atoms with E-state index in [-0.39, 0.29) is 16.3 Å². The van der Waals surface area contributed by atoms with Crippen molar-refractivity contribution in [3.63, 3.8) is 0 Å². The molecule has 0 atom stereocenters. The monoisotopic (exact) mass is 554 g/mol. The summed E-state index contributed by atoms with van der Waals surface area (Å²) in [5.41, 5.74) is -0.0324. The smallest absolute Gasteiger partial charge is 0.377 e. The maximum Gasteiger partial charge on any atom is 0.418 e. The van der Waals surface area contributed by atoms with E-state index in [0.29, 0.717) is 37.2 Å². The summed E-state index contributed by atoms with van der Waals surface area (Å²) in [6, 6.07) is 8.61. The van der Waals surface area contributed by atoms with Gasteiger partial charge in [0.2, 0.25) is 0 Å². The van der Waals surface area contributed by atoms with Crippen molar-refractivity contribution in [2.45, 2.75) is 69.2 Å². The predicted molar refractivity (Wildman–Crippen MR) is 144 cm³/mol. The highest BCUT2D eigenvalue weighted by molar-refractivity contribution is 5.84. The molecule has 0 unspecified atom stereocenters. The highest BCUT2D eigenvalue weighted by Crippen LogP contribution is 2.48. The molecule has 3 heterocycles. The van der Waals surface area contributed by atoms with E-state index in [2.05, 4.69) is 20.5 Å². The number of aromatic amines is 1. The normalized spacial score (nSPS) is 17.5. The van der Waals surface area contributed by atoms with Crippen molar-refractivity contribution in [1.82, 2.24) is 29.6 Å². The SMILES string of the molecule is Cn1cnnc1C1(c2cccc(-n3cc(C(F)(F)F)c4cc(CNCCOC5CCCC5)[nH]c4c3=O)c2)CCC1. The summed E-state index contributed by atoms with van der Waals surface area (Å²) in [7, 11) is 1.88. The zero-order valence-corrected chi connectivity index (χ0v) is 22.4. The molecule has 0 aliphatic heterocycles. The van der Waals surface area contributed by atoms with Crippen LogP contribution in [0.2, 0.25) is 0 Å². The molecule has 212 valence electrons. The predicted octanol–water partition coefficient (Wildman–Crippen LogP) is 4.98. The van der Waals surface area contributed by atoms with Gasteiger partial charge in [0.05, 0.1) is 23.7 Å². The van der Waals surface area contributed by atoms with Crippen LogP contribution in [-0.4, -0.2) is 43.6 Å². The maximum absolute atomic E-state index is 14.2. The van der Waals surface area contributed by atoms with Gasteiger partial charge in [0, 0.05) is 43.1 Å². The number of aryl methyl sites for hydroxylation is 1. The third kappa shape index (κ3) is 4.85. The fraction of sp³-hybridized carbons (Fsp3) is 0.483. The molecule has 8 nitrogen and oxygen atoms in total. The molecule has 11 heteroatoms. The van der Waals surface area contributed by atoms with Crippen LogP contribution in [0.5, 0.6) is 0 Å². The minimum absolute atomic E-state index is 0.0640. The summed E-state index contributed by atoms with van der Waals surface area (Å²) < 4.78 is 51.5. The van der Waals surface area contributed by atoms with Crippen LogP contribution in [0.15, 0.2) is 47.7 Å². The van der Waals surface area contributed by atoms with Gasteiger partial charge in [-0.25, -0.2) is 0 Å². The molecule has 2 saturated carbocycles. The summed E-state index contributed by atoms with van der Waals surface area (Å²) in [4.78, 5) is 16.5. The van der Waals surface area contributed by atoms with Gasteiger partial charge in [0.1, 0.15) is 17.7 Å². The number of hydrogen-bond donors (Lipinski definition) is 2. The lowest BCUT2D eigenvalue weighted by Crippen LogP contribution is -2.38. The molecule has 40 heavy (non-hydrogen) atoms. The van der Waals surface area contributed by atoms with Crippen LogP contribution in [-0.2, 0) is 29.9 Å². The molecule has 2 aliphatic carbocycles. The first-order chi connectivity index (χ1) is 19.3. The third-order valence-corrected chi connectivity index (χ3v) is 8.43. The number of halogens is 3. The molecule has 2 N–H and O–H groups in total. The second-order valence-corrected chi connectivity index (χ2v) is 11.0. The molecule has 2 aliphatic rings. The average Bonchev–Trinajstić information content (AvgIpc) is 3.65. The van der Waals surface area contributed by atoms with E-state index in [4.69, 9.17) is 4.74 Å². The first-order valence-corrected chi connectivity index (χ1v) is 13.9. The molecule has 0 spiro atoms. The van der Waals surface area contributed by atoms with Crippen molar-refractivity contribution in [1.29, 1.82) is 0 Å². The number of nitrogens with zero attached hydrogens (tertiary/aromatic N) is 4. The van der Waals surface area contributed by atoms with Gasteiger partial charge in [-0.1, -0.05) is 31.4 Å². The van der Waals surface area contributed by atoms with Gasteiger partial charge in [-0.3, -0.25) is 9.36 Å². The van der Waals surface area contributed by atoms with Gasteiger partial charge < -0.3 is 19.6 Å². The van der Waals surface area contributed by atoms with E-state index in [0.717, 1.165) is 54.3 Å². The number of fused-ring (bicyclic) bond motifs is 1. The van der Waals surface area contributed by atoms with E-state index in [1.54, 1.807) is 24.5 Å². The van der Waals surface area contributed by atoms with E-state index >= 15 is 0 Å². The van der Waals surface area contributed by atoms with Crippen molar-refractivity contribution >= 4 is 10.9 Å². The van der Waals surface area contributed by atoms with Gasteiger partial charge >= 0.3 is 6.18 Å². The second kappa shape index (κ2) is 10.5. The van der Waals surface area contributed by atoms with E-state index in [1.165, 1.54) is 18.9 Å². The summed E-state index contributed by atoms with van der Waals surface area (Å²) in [5.74, 6) is 0.810. The molecule has 2 fully saturated rings. The molecule has 3 aromatic heterocycles. The fourth-order valence-corrected chi connectivity index (χ4v) is 6.20. The Morgan fingerprint density at radius 3 is 2.65 bits per heavy atom. The summed E-state index contributed by atoms with van der Waals surface area (Å²) >= 11 is 0. The molecule has 4 aromatic rings. The van der Waals surface area contributed by atoms with Gasteiger partial charge in [0.25, 0.3) is 5.56 Å². The maximum atomic E-state index is 14.2. The van der Waals surface area contributed by atoms with Crippen LogP contribution in [0.4, 0.5) is 13.2 Å². The number of pyridine rings is 1. The number of alkyl halides is 3. The van der Waals surface area contributed by atoms with Crippen LogP contribution in [0.25, 0.3) is 16.6 Å². The zero-order valence-electron chi connectivity index (χ0n) is 22.4. The van der Waals surface area contributed by atoms with Crippen molar-refractivity contribution in [2.24, 2.45) is 7.05 Å². The minimum Gasteiger partial charge on any atom is -0.377 e. The first-order valence-electron chi connectivity index (χ1n) is 13.9. The van der Waals surface area contributed by atoms with Crippen LogP contribution in [0.1, 0.15) is 67.6 Å². The van der Waals surface area contributed by atoms with E-state index in [9.17, 15) is 18.0 Å². The van der Waals surface area contributed by atoms with E-state index in [1.807, 2.05) is 17.7 Å². The Hall–Kier alpha value is -3.44. The second-order valence-electron chi connectivity index (χ2n) is 11.0. The molecule has 6 rings (SSSR count). The van der Waals surface area contributed by atoms with Gasteiger partial charge in [-0.15, -0.1) is 10.2 Å². The number of nitrogens with one attached hydrogen (secondary N) is 2. The van der Waals surface area contributed by atoms with Gasteiger partial charge in [0.15, 0.2) is 0 Å². The Morgan fingerprint density at radius 2 is 1.98 bits per heavy atom. The minimum atomic E-state index is -4.64. The number of hydrogen-bond acceptors (Lipinski definition) is 5. The Bertz CT molecular complexity index is 1560. The highest BCUT2D eigenvalue weighted by atomic mass is 19.4. The lowest BCUT2D eigenvalue weighted by atomic mass is 9.63. The molecule has 0 radical (unpaired) electrons. The molecule has 0 amide bonds. The van der Waals surface area contributed by atoms with Crippen molar-refractivity contribution in [2.75, 3.05) is 13.2 Å². The highest BCUT2D eigenvalue weighted by Gasteiger charge is 2.44. The summed E-state index contributed by atoms with van der Waals surface area (Å²) in [5, 5.41) is 11.4. The van der Waals surface area contributed by atoms with Crippen LogP contribution < -0.4 is 10.9 Å². The lowest BCUT2D eigenvalue weighted by molar-refractivity contribution is -0.136. The largest absolute Gasteiger partial charge is 0.418 e. The molecule has 0 bridgehead atoms. The Balaban J connectivity index is 1.31. The van der Waals surface area contributed by atoms with Gasteiger partial charge in [-0.2, -0.15) is 13.2 Å². The molecular weight excluding hydrogens is 521 g/mol. The van der Waals surface area contributed by atoms with Crippen LogP contribution >= 0.6 is 0 Å². The van der Waals surface area contributed by atoms with Crippen LogP contribution in [0.3, 0.4) is 0 Å². The lowest BCUT2D eigenvalue weighted by Gasteiger charge is -2.41. The van der Waals surface area contributed by atoms with Gasteiger partial charge in [-0.05, 0) is 49.4 Å². The summed E-state index contributed by atoms with van der Waals surface area (Å²) in [6.45, 7) is 1.41. The Morgan fingerprint density at radius 1 is 1.18 bits per heavy atom. The standard InChI is InChI=1S/C29H33F3N6O2/c1-37-18-34-36-27(37)28(10-5-11-28)19-6-4-7-21(14-19)38-17-24(29(30,31)32)23-15-20(35-25(23)26(38)39)16-33-12-13-40-22-8-2-3-9-22/h4,6-7,14-15,17-18,22,33,35H,2-3,5,8-13,16H2,1H3. The Kier molecular flexibility index (Phi) is 7.03. The number of rotatable bonds is 9. The molecular formula is C29H33F3N6O2. The van der Waals surface area contributed by atoms with Crippen LogP contribution in [0, 0.1) is 0 Å². The Labute approximate surface area is 229 Å². The third-order valence-electron chi connectivity index (χ3n) is 8.43. The summed E-state index contributed by atoms with van der Waals surface area (Å²) in [6.07, 6.45) is 5.49. The zero-order chi connectivity index (χ0) is 27.9. The number of benzene rings is 1. The number of aromatic nitrogens is 5. The quantitative estimate of drug-likeness (QED) is 0.285. The fourth-order valence-electron chi connectivity index (χ4n) is 6.20. The molecule has 1 aromatic carbocycles. The van der Waals surface area contributed by atoms with E-state index < -0.39 is 17.3 Å². The van der Waals surface area contributed by atoms with Crippen molar-refractivity contribution in [3.8, 4) is 5.69 Å². The van der Waals surface area contributed by atoms with Crippen molar-refractivity contribution < 1.29 is 17.9 Å². The molecule has 0 saturated heterocycles. The first kappa shape index (κ1) is 26.8.